The summed E-state index contributed by atoms with van der Waals surface area (Å²) in [7, 11) is 0. The van der Waals surface area contributed by atoms with Crippen LogP contribution in [0.1, 0.15) is 24.5 Å². The summed E-state index contributed by atoms with van der Waals surface area (Å²) in [6.45, 7) is 6.26. The summed E-state index contributed by atoms with van der Waals surface area (Å²) < 4.78 is 12.3. The Balaban J connectivity index is 2.14. The van der Waals surface area contributed by atoms with Crippen molar-refractivity contribution in [3.63, 3.8) is 0 Å². The monoisotopic (exact) mass is 367 g/mol. The smallest absolute Gasteiger partial charge is 0.298 e. The van der Waals surface area contributed by atoms with Crippen molar-refractivity contribution in [2.24, 2.45) is 0 Å². The maximum Gasteiger partial charge on any atom is 0.430 e. The van der Waals surface area contributed by atoms with Crippen LogP contribution in [0.25, 0.3) is 0 Å². The van der Waals surface area contributed by atoms with E-state index >= 15 is 0 Å². The van der Waals surface area contributed by atoms with Gasteiger partial charge in [-0.3, -0.25) is 9.05 Å². The van der Waals surface area contributed by atoms with Gasteiger partial charge in [0, 0.05) is 0 Å². The molecule has 21 heavy (non-hydrogen) atoms. The summed E-state index contributed by atoms with van der Waals surface area (Å²) in [6.07, 6.45) is -0.278. The normalized spacial score (nSPS) is 11.2. The van der Waals surface area contributed by atoms with Crippen LogP contribution in [-0.2, 0) is 0 Å². The molecule has 112 valence electrons. The van der Waals surface area contributed by atoms with Crippen molar-refractivity contribution in [3.05, 3.63) is 59.7 Å². The molecule has 0 bridgehead atoms. The molecule has 2 aromatic carbocycles. The van der Waals surface area contributed by atoms with Crippen LogP contribution < -0.4 is 9.05 Å². The number of rotatable bonds is 6. The maximum absolute atomic E-state index is 6.14. The van der Waals surface area contributed by atoms with Crippen molar-refractivity contribution in [2.75, 3.05) is 6.16 Å². The Labute approximate surface area is 135 Å². The lowest BCUT2D eigenvalue weighted by Crippen LogP contribution is -2.06. The van der Waals surface area contributed by atoms with Gasteiger partial charge in [-0.15, -0.1) is 0 Å². The van der Waals surface area contributed by atoms with E-state index in [0.29, 0.717) is 0 Å². The topological polar surface area (TPSA) is 18.5 Å². The minimum atomic E-state index is -2.13. The largest absolute Gasteiger partial charge is 0.430 e. The summed E-state index contributed by atoms with van der Waals surface area (Å²) in [4.78, 5) is 0. The summed E-state index contributed by atoms with van der Waals surface area (Å²) >= 11 is 3.72. The Morgan fingerprint density at radius 2 is 1.19 bits per heavy atom. The van der Waals surface area contributed by atoms with Crippen LogP contribution in [0.15, 0.2) is 48.5 Å². The second kappa shape index (κ2) is 7.29. The first kappa shape index (κ1) is 16.3. The molecule has 0 aliphatic carbocycles. The fourth-order valence-electron chi connectivity index (χ4n) is 1.89. The van der Waals surface area contributed by atoms with E-state index in [1.54, 1.807) is 0 Å². The molecule has 0 fully saturated rings. The van der Waals surface area contributed by atoms with E-state index in [0.717, 1.165) is 24.1 Å². The van der Waals surface area contributed by atoms with Gasteiger partial charge >= 0.3 is 6.42 Å². The second-order valence-corrected chi connectivity index (χ2v) is 10.4. The Morgan fingerprint density at radius 1 is 0.810 bits per heavy atom. The van der Waals surface area contributed by atoms with Crippen molar-refractivity contribution >= 4 is 21.9 Å². The predicted molar refractivity (Wildman–Crippen MR) is 94.6 cm³/mol. The SMILES string of the molecule is CCC[P+](Br)(Oc1ccc(C)cc1)Oc1ccc(C)cc1. The van der Waals surface area contributed by atoms with Crippen LogP contribution in [0.4, 0.5) is 0 Å². The highest BCUT2D eigenvalue weighted by Gasteiger charge is 2.42. The van der Waals surface area contributed by atoms with Gasteiger partial charge in [-0.25, -0.2) is 0 Å². The summed E-state index contributed by atoms with van der Waals surface area (Å²) in [5.74, 6) is 1.68. The quantitative estimate of drug-likeness (QED) is 0.555. The van der Waals surface area contributed by atoms with Gasteiger partial charge in [-0.1, -0.05) is 42.3 Å². The molecule has 0 N–H and O–H groups in total. The predicted octanol–water partition coefficient (Wildman–Crippen LogP) is 6.33. The molecule has 4 heteroatoms. The lowest BCUT2D eigenvalue weighted by molar-refractivity contribution is 0.482. The molecule has 0 spiro atoms. The van der Waals surface area contributed by atoms with Gasteiger partial charge in [0.25, 0.3) is 0 Å². The third-order valence-corrected chi connectivity index (χ3v) is 6.90. The minimum Gasteiger partial charge on any atom is -0.298 e. The number of aryl methyl sites for hydroxylation is 2. The summed E-state index contributed by atoms with van der Waals surface area (Å²) in [6, 6.07) is 16.1. The van der Waals surface area contributed by atoms with Crippen molar-refractivity contribution < 1.29 is 9.05 Å². The van der Waals surface area contributed by atoms with Crippen LogP contribution in [0.5, 0.6) is 11.5 Å². The molecular weight excluding hydrogens is 347 g/mol. The van der Waals surface area contributed by atoms with Crippen LogP contribution in [0.2, 0.25) is 0 Å². The second-order valence-electron chi connectivity index (χ2n) is 5.12. The van der Waals surface area contributed by atoms with E-state index in [1.165, 1.54) is 11.1 Å². The molecule has 2 nitrogen and oxygen atoms in total. The van der Waals surface area contributed by atoms with Crippen LogP contribution >= 0.6 is 21.9 Å². The number of halogens is 1. The lowest BCUT2D eigenvalue weighted by atomic mass is 10.2. The molecule has 0 amide bonds. The highest BCUT2D eigenvalue weighted by Crippen LogP contribution is 2.67. The third-order valence-electron chi connectivity index (χ3n) is 3.02. The molecule has 0 atom stereocenters. The van der Waals surface area contributed by atoms with Crippen LogP contribution in [-0.4, -0.2) is 6.16 Å². The van der Waals surface area contributed by atoms with Crippen LogP contribution in [0, 0.1) is 13.8 Å². The van der Waals surface area contributed by atoms with E-state index < -0.39 is 6.42 Å². The molecule has 0 aliphatic heterocycles. The fourth-order valence-corrected chi connectivity index (χ4v) is 5.58. The summed E-state index contributed by atoms with van der Waals surface area (Å²) in [5, 5.41) is 0. The third kappa shape index (κ3) is 5.01. The van der Waals surface area contributed by atoms with Crippen molar-refractivity contribution in [2.45, 2.75) is 27.2 Å². The lowest BCUT2D eigenvalue weighted by Gasteiger charge is -2.18. The van der Waals surface area contributed by atoms with E-state index in [1.807, 2.05) is 48.5 Å². The van der Waals surface area contributed by atoms with Gasteiger partial charge in [0.05, 0.1) is 0 Å². The molecule has 0 heterocycles. The number of hydrogen-bond acceptors (Lipinski definition) is 2. The highest BCUT2D eigenvalue weighted by atomic mass is 79.9. The first-order chi connectivity index (χ1) is 10.0. The Hall–Kier alpha value is -1.05. The molecule has 2 aromatic rings. The van der Waals surface area contributed by atoms with Gasteiger partial charge in [-0.05, 0) is 44.5 Å². The van der Waals surface area contributed by atoms with Gasteiger partial charge in [0.15, 0.2) is 11.5 Å². The molecule has 0 unspecified atom stereocenters. The van der Waals surface area contributed by atoms with Crippen LogP contribution in [0.3, 0.4) is 0 Å². The zero-order valence-corrected chi connectivity index (χ0v) is 15.2. The molecule has 0 saturated carbocycles. The maximum atomic E-state index is 6.14. The molecule has 0 saturated heterocycles. The van der Waals surface area contributed by atoms with Gasteiger partial charge < -0.3 is 0 Å². The number of benzene rings is 2. The average molecular weight is 368 g/mol. The molecule has 2 rings (SSSR count). The standard InChI is InChI=1S/C17H21BrO2P/c1-4-13-21(18,19-16-9-5-14(2)6-10-16)20-17-11-7-15(3)8-12-17/h5-12H,4,13H2,1-3H3/q+1. The van der Waals surface area contributed by atoms with Gasteiger partial charge in [0.1, 0.15) is 6.16 Å². The molecule has 0 aliphatic rings. The Morgan fingerprint density at radius 3 is 1.52 bits per heavy atom. The van der Waals surface area contributed by atoms with Crippen molar-refractivity contribution in [1.29, 1.82) is 0 Å². The van der Waals surface area contributed by atoms with E-state index in [-0.39, 0.29) is 0 Å². The zero-order valence-electron chi connectivity index (χ0n) is 12.7. The minimum absolute atomic E-state index is 0.839. The van der Waals surface area contributed by atoms with Gasteiger partial charge in [-0.2, -0.15) is 0 Å². The first-order valence-corrected chi connectivity index (χ1v) is 10.9. The zero-order chi connectivity index (χ0) is 15.3. The number of hydrogen-bond donors (Lipinski definition) is 0. The van der Waals surface area contributed by atoms with Crippen molar-refractivity contribution in [3.8, 4) is 11.5 Å². The molecular formula is C17H21BrO2P+. The van der Waals surface area contributed by atoms with Crippen molar-refractivity contribution in [1.82, 2.24) is 0 Å². The Bertz CT molecular complexity index is 519. The molecule has 0 aromatic heterocycles. The first-order valence-electron chi connectivity index (χ1n) is 7.11. The van der Waals surface area contributed by atoms with Gasteiger partial charge in [0.2, 0.25) is 15.5 Å². The summed E-state index contributed by atoms with van der Waals surface area (Å²) in [5.41, 5.74) is 2.44. The highest BCUT2D eigenvalue weighted by molar-refractivity contribution is 9.41. The average Bonchev–Trinajstić information content (AvgIpc) is 2.44. The molecule has 0 radical (unpaired) electrons. The van der Waals surface area contributed by atoms with E-state index in [4.69, 9.17) is 9.05 Å². The van der Waals surface area contributed by atoms with E-state index in [9.17, 15) is 0 Å². The fraction of sp³-hybridized carbons (Fsp3) is 0.294. The Kier molecular flexibility index (Phi) is 5.66. The van der Waals surface area contributed by atoms with E-state index in [2.05, 4.69) is 36.3 Å².